The van der Waals surface area contributed by atoms with Crippen LogP contribution in [0.3, 0.4) is 0 Å². The van der Waals surface area contributed by atoms with Crippen LogP contribution in [0.2, 0.25) is 0 Å². The average Bonchev–Trinajstić information content (AvgIpc) is 3.15. The van der Waals surface area contributed by atoms with Crippen molar-refractivity contribution in [1.29, 1.82) is 0 Å². The fourth-order valence-corrected chi connectivity index (χ4v) is 2.52. The second-order valence-electron chi connectivity index (χ2n) is 6.57. The molecule has 1 aromatic rings. The molecule has 3 atom stereocenters. The lowest BCUT2D eigenvalue weighted by Crippen LogP contribution is -2.52. The van der Waals surface area contributed by atoms with E-state index in [0.29, 0.717) is 0 Å². The number of nitrogens with two attached hydrogens (primary N) is 1. The summed E-state index contributed by atoms with van der Waals surface area (Å²) in [5.74, 6) is -0.327. The zero-order valence-corrected chi connectivity index (χ0v) is 12.2. The number of nitrogens with one attached hydrogen (secondary N) is 1. The molecule has 1 unspecified atom stereocenters. The molecule has 1 aliphatic carbocycles. The van der Waals surface area contributed by atoms with Crippen molar-refractivity contribution in [2.24, 2.45) is 17.1 Å². The molecule has 4 heteroatoms. The first-order valence-electron chi connectivity index (χ1n) is 6.95. The summed E-state index contributed by atoms with van der Waals surface area (Å²) < 4.78 is 0. The summed E-state index contributed by atoms with van der Waals surface area (Å²) in [5.41, 5.74) is 6.19. The zero-order valence-electron chi connectivity index (χ0n) is 12.2. The van der Waals surface area contributed by atoms with E-state index in [1.165, 1.54) is 5.56 Å². The van der Waals surface area contributed by atoms with Crippen molar-refractivity contribution in [1.82, 2.24) is 5.32 Å². The summed E-state index contributed by atoms with van der Waals surface area (Å²) in [6.45, 7) is 5.68. The Kier molecular flexibility index (Phi) is 3.84. The topological polar surface area (TPSA) is 72.2 Å². The maximum Gasteiger partial charge on any atom is 0.240 e. The normalized spacial score (nSPS) is 22.9. The minimum absolute atomic E-state index is 0.0402. The zero-order chi connectivity index (χ0) is 14.9. The summed E-state index contributed by atoms with van der Waals surface area (Å²) in [6, 6.07) is 9.35. The molecule has 1 aliphatic rings. The number of benzene rings is 1. The number of amides is 2. The molecule has 4 nitrogen and oxygen atoms in total. The van der Waals surface area contributed by atoms with Crippen LogP contribution in [0.15, 0.2) is 30.3 Å². The summed E-state index contributed by atoms with van der Waals surface area (Å²) in [4.78, 5) is 23.7. The Morgan fingerprint density at radius 3 is 2.35 bits per heavy atom. The van der Waals surface area contributed by atoms with Crippen molar-refractivity contribution in [3.63, 3.8) is 0 Å². The Morgan fingerprint density at radius 1 is 1.25 bits per heavy atom. The second-order valence-corrected chi connectivity index (χ2v) is 6.57. The van der Waals surface area contributed by atoms with Gasteiger partial charge < -0.3 is 11.1 Å². The number of rotatable bonds is 4. The number of hydrogen-bond donors (Lipinski definition) is 2. The van der Waals surface area contributed by atoms with Gasteiger partial charge in [-0.1, -0.05) is 51.1 Å². The highest BCUT2D eigenvalue weighted by molar-refractivity contribution is 5.89. The third kappa shape index (κ3) is 3.18. The van der Waals surface area contributed by atoms with Gasteiger partial charge in [-0.05, 0) is 23.3 Å². The van der Waals surface area contributed by atoms with Crippen LogP contribution in [-0.2, 0) is 9.59 Å². The fourth-order valence-electron chi connectivity index (χ4n) is 2.52. The molecule has 0 bridgehead atoms. The lowest BCUT2D eigenvalue weighted by molar-refractivity contribution is -0.130. The van der Waals surface area contributed by atoms with Gasteiger partial charge in [0.15, 0.2) is 0 Å². The van der Waals surface area contributed by atoms with Gasteiger partial charge in [0.1, 0.15) is 6.04 Å². The summed E-state index contributed by atoms with van der Waals surface area (Å²) in [5, 5.41) is 2.80. The van der Waals surface area contributed by atoms with Crippen LogP contribution in [0.25, 0.3) is 0 Å². The van der Waals surface area contributed by atoms with Gasteiger partial charge in [-0.25, -0.2) is 0 Å². The second kappa shape index (κ2) is 5.27. The molecule has 2 amide bonds. The first kappa shape index (κ1) is 14.6. The first-order chi connectivity index (χ1) is 9.30. The van der Waals surface area contributed by atoms with Gasteiger partial charge in [0, 0.05) is 5.92 Å². The summed E-state index contributed by atoms with van der Waals surface area (Å²) >= 11 is 0. The quantitative estimate of drug-likeness (QED) is 0.879. The number of carbonyl (C=O) groups excluding carboxylic acids is 2. The van der Waals surface area contributed by atoms with E-state index in [4.69, 9.17) is 5.73 Å². The predicted molar refractivity (Wildman–Crippen MR) is 77.9 cm³/mol. The van der Waals surface area contributed by atoms with Gasteiger partial charge in [-0.2, -0.15) is 0 Å². The van der Waals surface area contributed by atoms with Gasteiger partial charge in [0.2, 0.25) is 11.8 Å². The summed E-state index contributed by atoms with van der Waals surface area (Å²) in [6.07, 6.45) is 0.839. The molecule has 0 aliphatic heterocycles. The highest BCUT2D eigenvalue weighted by atomic mass is 16.2. The van der Waals surface area contributed by atoms with Crippen LogP contribution in [0.1, 0.15) is 38.7 Å². The van der Waals surface area contributed by atoms with Crippen LogP contribution >= 0.6 is 0 Å². The van der Waals surface area contributed by atoms with Gasteiger partial charge >= 0.3 is 0 Å². The van der Waals surface area contributed by atoms with E-state index in [1.54, 1.807) is 0 Å². The first-order valence-corrected chi connectivity index (χ1v) is 6.95. The van der Waals surface area contributed by atoms with E-state index in [9.17, 15) is 9.59 Å². The van der Waals surface area contributed by atoms with Crippen LogP contribution in [0, 0.1) is 11.3 Å². The van der Waals surface area contributed by atoms with E-state index >= 15 is 0 Å². The molecule has 0 saturated heterocycles. The molecule has 108 valence electrons. The van der Waals surface area contributed by atoms with Gasteiger partial charge in [-0.3, -0.25) is 9.59 Å². The van der Waals surface area contributed by atoms with Crippen molar-refractivity contribution in [2.45, 2.75) is 39.2 Å². The molecule has 2 rings (SSSR count). The van der Waals surface area contributed by atoms with Crippen LogP contribution in [0.4, 0.5) is 0 Å². The molecule has 1 saturated carbocycles. The lowest BCUT2D eigenvalue weighted by atomic mass is 9.86. The minimum Gasteiger partial charge on any atom is -0.368 e. The van der Waals surface area contributed by atoms with Crippen molar-refractivity contribution in [3.8, 4) is 0 Å². The molecule has 0 aromatic heterocycles. The van der Waals surface area contributed by atoms with Crippen LogP contribution < -0.4 is 11.1 Å². The third-order valence-corrected chi connectivity index (χ3v) is 3.79. The largest absolute Gasteiger partial charge is 0.368 e. The Labute approximate surface area is 119 Å². The Bertz CT molecular complexity index is 505. The standard InChI is InChI=1S/C16H22N2O2/c1-16(2,3)13(14(17)19)18-15(20)12-9-11(12)10-7-5-4-6-8-10/h4-8,11-13H,9H2,1-3H3,(H2,17,19)(H,18,20)/t11-,12?,13-/m1/s1. The van der Waals surface area contributed by atoms with Gasteiger partial charge in [0.25, 0.3) is 0 Å². The molecule has 3 N–H and O–H groups in total. The molecular formula is C16H22N2O2. The van der Waals surface area contributed by atoms with Crippen molar-refractivity contribution in [2.75, 3.05) is 0 Å². The fraction of sp³-hybridized carbons (Fsp3) is 0.500. The third-order valence-electron chi connectivity index (χ3n) is 3.79. The van der Waals surface area contributed by atoms with Crippen LogP contribution in [-0.4, -0.2) is 17.9 Å². The van der Waals surface area contributed by atoms with Crippen LogP contribution in [0.5, 0.6) is 0 Å². The highest BCUT2D eigenvalue weighted by Crippen LogP contribution is 2.47. The molecule has 0 radical (unpaired) electrons. The monoisotopic (exact) mass is 274 g/mol. The molecule has 1 aromatic carbocycles. The Balaban J connectivity index is 1.99. The van der Waals surface area contributed by atoms with Crippen molar-refractivity contribution < 1.29 is 9.59 Å². The number of hydrogen-bond acceptors (Lipinski definition) is 2. The Hall–Kier alpha value is -1.84. The maximum atomic E-state index is 12.2. The lowest BCUT2D eigenvalue weighted by Gasteiger charge is -2.28. The number of primary amides is 1. The van der Waals surface area contributed by atoms with E-state index in [2.05, 4.69) is 5.32 Å². The average molecular weight is 274 g/mol. The van der Waals surface area contributed by atoms with E-state index < -0.39 is 11.9 Å². The SMILES string of the molecule is CC(C)(C)[C@H](NC(=O)C1C[C@@H]1c1ccccc1)C(N)=O. The van der Waals surface area contributed by atoms with Crippen molar-refractivity contribution >= 4 is 11.8 Å². The summed E-state index contributed by atoms with van der Waals surface area (Å²) in [7, 11) is 0. The van der Waals surface area contributed by atoms with Gasteiger partial charge in [0.05, 0.1) is 0 Å². The van der Waals surface area contributed by atoms with E-state index in [0.717, 1.165) is 6.42 Å². The number of carbonyl (C=O) groups is 2. The van der Waals surface area contributed by atoms with Crippen molar-refractivity contribution in [3.05, 3.63) is 35.9 Å². The molecule has 1 fully saturated rings. The molecule has 0 heterocycles. The minimum atomic E-state index is -0.632. The van der Waals surface area contributed by atoms with E-state index in [1.807, 2.05) is 51.1 Å². The smallest absolute Gasteiger partial charge is 0.240 e. The van der Waals surface area contributed by atoms with E-state index in [-0.39, 0.29) is 23.2 Å². The molecule has 0 spiro atoms. The predicted octanol–water partition coefficient (Wildman–Crippen LogP) is 1.81. The van der Waals surface area contributed by atoms with Gasteiger partial charge in [-0.15, -0.1) is 0 Å². The highest BCUT2D eigenvalue weighted by Gasteiger charge is 2.45. The Morgan fingerprint density at radius 2 is 1.85 bits per heavy atom. The molecular weight excluding hydrogens is 252 g/mol. The molecule has 20 heavy (non-hydrogen) atoms. The maximum absolute atomic E-state index is 12.2.